The highest BCUT2D eigenvalue weighted by molar-refractivity contribution is 5.93. The molecule has 0 aliphatic carbocycles. The Hall–Kier alpha value is -3.38. The van der Waals surface area contributed by atoms with E-state index in [9.17, 15) is 4.79 Å². The molecule has 0 spiro atoms. The Morgan fingerprint density at radius 2 is 1.76 bits per heavy atom. The maximum atomic E-state index is 12.8. The summed E-state index contributed by atoms with van der Waals surface area (Å²) >= 11 is 0. The summed E-state index contributed by atoms with van der Waals surface area (Å²) < 4.78 is 10.6. The van der Waals surface area contributed by atoms with Gasteiger partial charge in [0.2, 0.25) is 5.76 Å². The van der Waals surface area contributed by atoms with E-state index in [2.05, 4.69) is 52.5 Å². The molecule has 0 radical (unpaired) electrons. The van der Waals surface area contributed by atoms with Crippen LogP contribution in [-0.4, -0.2) is 47.0 Å². The minimum absolute atomic E-state index is 0.101. The van der Waals surface area contributed by atoms with Gasteiger partial charge in [-0.3, -0.25) is 9.69 Å². The summed E-state index contributed by atoms with van der Waals surface area (Å²) in [5, 5.41) is 6.48. The van der Waals surface area contributed by atoms with Crippen LogP contribution in [-0.2, 0) is 6.54 Å². The van der Waals surface area contributed by atoms with E-state index in [-0.39, 0.29) is 5.91 Å². The van der Waals surface area contributed by atoms with Gasteiger partial charge in [-0.25, -0.2) is 0 Å². The third-order valence-electron chi connectivity index (χ3n) is 5.43. The molecule has 3 heterocycles. The molecule has 6 nitrogen and oxygen atoms in total. The number of hydrogen-bond donors (Lipinski definition) is 0. The summed E-state index contributed by atoms with van der Waals surface area (Å²) in [5.74, 6) is 0.931. The fourth-order valence-corrected chi connectivity index (χ4v) is 3.85. The van der Waals surface area contributed by atoms with Crippen molar-refractivity contribution >= 4 is 16.7 Å². The Kier molecular flexibility index (Phi) is 4.62. The summed E-state index contributed by atoms with van der Waals surface area (Å²) in [4.78, 5) is 17.0. The molecule has 2 aromatic heterocycles. The lowest BCUT2D eigenvalue weighted by Gasteiger charge is -2.34. The fourth-order valence-electron chi connectivity index (χ4n) is 3.85. The van der Waals surface area contributed by atoms with E-state index in [1.807, 2.05) is 4.90 Å². The van der Waals surface area contributed by atoms with Crippen molar-refractivity contribution in [1.29, 1.82) is 0 Å². The predicted octanol–water partition coefficient (Wildman–Crippen LogP) is 4.05. The second-order valence-electron chi connectivity index (χ2n) is 7.26. The van der Waals surface area contributed by atoms with E-state index in [1.165, 1.54) is 16.3 Å². The third kappa shape index (κ3) is 3.54. The van der Waals surface area contributed by atoms with Crippen LogP contribution < -0.4 is 0 Å². The molecule has 29 heavy (non-hydrogen) atoms. The first kappa shape index (κ1) is 17.7. The van der Waals surface area contributed by atoms with Gasteiger partial charge < -0.3 is 13.8 Å². The van der Waals surface area contributed by atoms with E-state index in [1.54, 1.807) is 24.5 Å². The van der Waals surface area contributed by atoms with Gasteiger partial charge in [-0.15, -0.1) is 0 Å². The first-order valence-electron chi connectivity index (χ1n) is 9.77. The molecule has 1 saturated heterocycles. The number of hydrogen-bond acceptors (Lipinski definition) is 5. The molecule has 1 amide bonds. The SMILES string of the molecule is O=C(c1cc(-c2ccco2)on1)N1CCN(Cc2cccc3ccccc23)CC1. The smallest absolute Gasteiger partial charge is 0.276 e. The van der Waals surface area contributed by atoms with Gasteiger partial charge in [0, 0.05) is 38.8 Å². The Labute approximate surface area is 168 Å². The molecule has 0 saturated carbocycles. The maximum Gasteiger partial charge on any atom is 0.276 e. The van der Waals surface area contributed by atoms with Gasteiger partial charge >= 0.3 is 0 Å². The number of benzene rings is 2. The average molecular weight is 387 g/mol. The van der Waals surface area contributed by atoms with Crippen LogP contribution in [0.15, 0.2) is 75.9 Å². The monoisotopic (exact) mass is 387 g/mol. The van der Waals surface area contributed by atoms with Gasteiger partial charge in [-0.2, -0.15) is 0 Å². The number of carbonyl (C=O) groups is 1. The number of rotatable bonds is 4. The van der Waals surface area contributed by atoms with Crippen molar-refractivity contribution in [3.63, 3.8) is 0 Å². The van der Waals surface area contributed by atoms with Crippen LogP contribution in [0.5, 0.6) is 0 Å². The standard InChI is InChI=1S/C23H21N3O3/c27-23(20-15-22(29-24-20)21-9-4-14-28-21)26-12-10-25(11-13-26)16-18-7-3-6-17-5-1-2-8-19(17)18/h1-9,14-15H,10-13,16H2. The molecule has 1 aliphatic rings. The van der Waals surface area contributed by atoms with Crippen LogP contribution in [0.2, 0.25) is 0 Å². The molecule has 1 aliphatic heterocycles. The third-order valence-corrected chi connectivity index (χ3v) is 5.43. The van der Waals surface area contributed by atoms with Crippen LogP contribution >= 0.6 is 0 Å². The number of aromatic nitrogens is 1. The molecule has 4 aromatic rings. The van der Waals surface area contributed by atoms with Crippen molar-refractivity contribution in [2.45, 2.75) is 6.54 Å². The van der Waals surface area contributed by atoms with E-state index in [0.29, 0.717) is 30.3 Å². The zero-order valence-corrected chi connectivity index (χ0v) is 16.0. The minimum atomic E-state index is -0.101. The fraction of sp³-hybridized carbons (Fsp3) is 0.217. The van der Waals surface area contributed by atoms with Gasteiger partial charge in [-0.1, -0.05) is 47.6 Å². The zero-order valence-electron chi connectivity index (χ0n) is 16.0. The maximum absolute atomic E-state index is 12.8. The summed E-state index contributed by atoms with van der Waals surface area (Å²) in [6.07, 6.45) is 1.56. The first-order valence-corrected chi connectivity index (χ1v) is 9.77. The van der Waals surface area contributed by atoms with E-state index in [4.69, 9.17) is 8.94 Å². The molecule has 146 valence electrons. The Morgan fingerprint density at radius 1 is 0.931 bits per heavy atom. The Morgan fingerprint density at radius 3 is 2.59 bits per heavy atom. The molecule has 0 unspecified atom stereocenters. The Balaban J connectivity index is 1.23. The summed E-state index contributed by atoms with van der Waals surface area (Å²) in [6.45, 7) is 3.89. The van der Waals surface area contributed by atoms with Crippen LogP contribution in [0.3, 0.4) is 0 Å². The summed E-state index contributed by atoms with van der Waals surface area (Å²) in [7, 11) is 0. The molecule has 5 rings (SSSR count). The quantitative estimate of drug-likeness (QED) is 0.529. The van der Waals surface area contributed by atoms with Crippen molar-refractivity contribution in [1.82, 2.24) is 15.0 Å². The van der Waals surface area contributed by atoms with Gasteiger partial charge in [0.25, 0.3) is 5.91 Å². The molecular formula is C23H21N3O3. The van der Waals surface area contributed by atoms with Crippen molar-refractivity contribution < 1.29 is 13.7 Å². The number of fused-ring (bicyclic) bond motifs is 1. The predicted molar refractivity (Wildman–Crippen MR) is 109 cm³/mol. The number of carbonyl (C=O) groups excluding carboxylic acids is 1. The van der Waals surface area contributed by atoms with Crippen LogP contribution in [0.25, 0.3) is 22.3 Å². The topological polar surface area (TPSA) is 62.7 Å². The largest absolute Gasteiger partial charge is 0.461 e. The van der Waals surface area contributed by atoms with Crippen molar-refractivity contribution in [2.75, 3.05) is 26.2 Å². The summed E-state index contributed by atoms with van der Waals surface area (Å²) in [6, 6.07) is 20.1. The highest BCUT2D eigenvalue weighted by Gasteiger charge is 2.25. The van der Waals surface area contributed by atoms with E-state index < -0.39 is 0 Å². The molecule has 2 aromatic carbocycles. The highest BCUT2D eigenvalue weighted by Crippen LogP contribution is 2.23. The summed E-state index contributed by atoms with van der Waals surface area (Å²) in [5.41, 5.74) is 1.64. The molecule has 0 N–H and O–H groups in total. The molecule has 0 bridgehead atoms. The number of furan rings is 1. The van der Waals surface area contributed by atoms with E-state index >= 15 is 0 Å². The zero-order chi connectivity index (χ0) is 19.6. The molecular weight excluding hydrogens is 366 g/mol. The van der Waals surface area contributed by atoms with Gasteiger partial charge in [0.15, 0.2) is 11.5 Å². The van der Waals surface area contributed by atoms with Crippen LogP contribution in [0.4, 0.5) is 0 Å². The number of piperazine rings is 1. The normalized spacial score (nSPS) is 15.1. The average Bonchev–Trinajstić information content (AvgIpc) is 3.46. The Bertz CT molecular complexity index is 1120. The minimum Gasteiger partial charge on any atom is -0.461 e. The van der Waals surface area contributed by atoms with Crippen molar-refractivity contribution in [3.8, 4) is 11.5 Å². The molecule has 6 heteroatoms. The van der Waals surface area contributed by atoms with Crippen molar-refractivity contribution in [2.24, 2.45) is 0 Å². The second kappa shape index (κ2) is 7.56. The van der Waals surface area contributed by atoms with Crippen LogP contribution in [0.1, 0.15) is 16.1 Å². The first-order chi connectivity index (χ1) is 14.3. The lowest BCUT2D eigenvalue weighted by Crippen LogP contribution is -2.48. The van der Waals surface area contributed by atoms with Crippen molar-refractivity contribution in [3.05, 3.63) is 78.2 Å². The van der Waals surface area contributed by atoms with Gasteiger partial charge in [0.05, 0.1) is 6.26 Å². The molecule has 1 fully saturated rings. The van der Waals surface area contributed by atoms with Crippen LogP contribution in [0, 0.1) is 0 Å². The lowest BCUT2D eigenvalue weighted by atomic mass is 10.0. The molecule has 0 atom stereocenters. The highest BCUT2D eigenvalue weighted by atomic mass is 16.5. The van der Waals surface area contributed by atoms with Gasteiger partial charge in [0.1, 0.15) is 0 Å². The number of nitrogens with zero attached hydrogens (tertiary/aromatic N) is 3. The lowest BCUT2D eigenvalue weighted by molar-refractivity contribution is 0.0619. The van der Waals surface area contributed by atoms with Gasteiger partial charge in [-0.05, 0) is 28.5 Å². The van der Waals surface area contributed by atoms with E-state index in [0.717, 1.165) is 19.6 Å². The second-order valence-corrected chi connectivity index (χ2v) is 7.26. The number of amides is 1.